The van der Waals surface area contributed by atoms with Gasteiger partial charge in [0.1, 0.15) is 12.4 Å². The molecule has 1 aliphatic heterocycles. The lowest BCUT2D eigenvalue weighted by Gasteiger charge is -2.34. The molecule has 0 aliphatic carbocycles. The van der Waals surface area contributed by atoms with Crippen molar-refractivity contribution in [3.8, 4) is 5.75 Å². The second kappa shape index (κ2) is 8.29. The smallest absolute Gasteiger partial charge is 0.416 e. The zero-order chi connectivity index (χ0) is 19.3. The van der Waals surface area contributed by atoms with Crippen molar-refractivity contribution in [2.24, 2.45) is 11.8 Å². The zero-order valence-electron chi connectivity index (χ0n) is 14.3. The molecule has 1 saturated heterocycles. The fourth-order valence-corrected chi connectivity index (χ4v) is 2.90. The number of nitrogens with one attached hydrogen (secondary N) is 1. The first-order chi connectivity index (χ1) is 12.2. The number of hydrogen-bond acceptors (Lipinski definition) is 3. The molecule has 0 spiro atoms. The van der Waals surface area contributed by atoms with E-state index in [4.69, 9.17) is 9.84 Å². The zero-order valence-corrected chi connectivity index (χ0v) is 14.3. The van der Waals surface area contributed by atoms with Gasteiger partial charge in [0.2, 0.25) is 0 Å². The van der Waals surface area contributed by atoms with Gasteiger partial charge in [0.25, 0.3) is 0 Å². The van der Waals surface area contributed by atoms with E-state index >= 15 is 0 Å². The highest BCUT2D eigenvalue weighted by molar-refractivity contribution is 5.76. The molecule has 1 aromatic rings. The Hall–Kier alpha value is -2.45. The highest BCUT2D eigenvalue weighted by Gasteiger charge is 2.32. The molecule has 26 heavy (non-hydrogen) atoms. The number of hydrogen-bond donors (Lipinski definition) is 2. The van der Waals surface area contributed by atoms with E-state index in [1.165, 1.54) is 17.0 Å². The van der Waals surface area contributed by atoms with Crippen molar-refractivity contribution in [1.29, 1.82) is 0 Å². The van der Waals surface area contributed by atoms with Crippen LogP contribution in [0.5, 0.6) is 5.75 Å². The summed E-state index contributed by atoms with van der Waals surface area (Å²) in [5.41, 5.74) is -0.805. The SMILES string of the molecule is CC1CC(C(=O)O)CN(C(=O)NCCOc2cccc(C(F)(F)F)c2)C1. The Morgan fingerprint density at radius 1 is 1.35 bits per heavy atom. The molecule has 1 fully saturated rings. The van der Waals surface area contributed by atoms with Crippen LogP contribution in [0.4, 0.5) is 18.0 Å². The van der Waals surface area contributed by atoms with Crippen LogP contribution in [0.2, 0.25) is 0 Å². The number of nitrogens with zero attached hydrogens (tertiary/aromatic N) is 1. The van der Waals surface area contributed by atoms with E-state index in [0.717, 1.165) is 12.1 Å². The number of carbonyl (C=O) groups is 2. The van der Waals surface area contributed by atoms with Gasteiger partial charge in [-0.2, -0.15) is 13.2 Å². The summed E-state index contributed by atoms with van der Waals surface area (Å²) in [4.78, 5) is 24.7. The molecule has 9 heteroatoms. The monoisotopic (exact) mass is 374 g/mol. The molecule has 0 radical (unpaired) electrons. The van der Waals surface area contributed by atoms with E-state index in [9.17, 15) is 22.8 Å². The number of rotatable bonds is 5. The van der Waals surface area contributed by atoms with Crippen molar-refractivity contribution in [3.05, 3.63) is 29.8 Å². The average Bonchev–Trinajstić information content (AvgIpc) is 2.57. The van der Waals surface area contributed by atoms with Crippen molar-refractivity contribution in [2.75, 3.05) is 26.2 Å². The molecular weight excluding hydrogens is 353 g/mol. The van der Waals surface area contributed by atoms with Crippen molar-refractivity contribution >= 4 is 12.0 Å². The van der Waals surface area contributed by atoms with Gasteiger partial charge in [-0.15, -0.1) is 0 Å². The number of piperidine rings is 1. The maximum atomic E-state index is 12.6. The van der Waals surface area contributed by atoms with E-state index in [1.54, 1.807) is 0 Å². The number of carboxylic acid groups (broad SMARTS) is 1. The Labute approximate surface area is 148 Å². The van der Waals surface area contributed by atoms with Crippen LogP contribution in [0.1, 0.15) is 18.9 Å². The normalized spacial score (nSPS) is 20.5. The molecule has 0 saturated carbocycles. The molecule has 6 nitrogen and oxygen atoms in total. The third-order valence-corrected chi connectivity index (χ3v) is 4.10. The Morgan fingerprint density at radius 2 is 2.08 bits per heavy atom. The fraction of sp³-hybridized carbons (Fsp3) is 0.529. The Morgan fingerprint density at radius 3 is 2.73 bits per heavy atom. The van der Waals surface area contributed by atoms with Crippen LogP contribution in [-0.2, 0) is 11.0 Å². The predicted octanol–water partition coefficient (Wildman–Crippen LogP) is 2.84. The molecule has 1 aliphatic rings. The quantitative estimate of drug-likeness (QED) is 0.777. The summed E-state index contributed by atoms with van der Waals surface area (Å²) in [5, 5.41) is 11.7. The van der Waals surface area contributed by atoms with Gasteiger partial charge in [-0.3, -0.25) is 4.79 Å². The standard InChI is InChI=1S/C17H21F3N2O4/c1-11-7-12(15(23)24)10-22(9-11)16(25)21-5-6-26-14-4-2-3-13(8-14)17(18,19)20/h2-4,8,11-12H,5-7,9-10H2,1H3,(H,21,25)(H,23,24). The van der Waals surface area contributed by atoms with E-state index < -0.39 is 29.7 Å². The minimum absolute atomic E-state index is 0.00119. The number of likely N-dealkylation sites (tertiary alicyclic amines) is 1. The second-order valence-corrected chi connectivity index (χ2v) is 6.39. The van der Waals surface area contributed by atoms with Gasteiger partial charge in [0.05, 0.1) is 18.0 Å². The molecule has 0 aromatic heterocycles. The number of carboxylic acids is 1. The predicted molar refractivity (Wildman–Crippen MR) is 86.8 cm³/mol. The van der Waals surface area contributed by atoms with Crippen molar-refractivity contribution in [2.45, 2.75) is 19.5 Å². The largest absolute Gasteiger partial charge is 0.492 e. The Balaban J connectivity index is 1.79. The van der Waals surface area contributed by atoms with Gasteiger partial charge in [-0.25, -0.2) is 4.79 Å². The van der Waals surface area contributed by atoms with E-state index in [1.807, 2.05) is 6.92 Å². The number of benzene rings is 1. The van der Waals surface area contributed by atoms with Crippen LogP contribution in [0, 0.1) is 11.8 Å². The highest BCUT2D eigenvalue weighted by Crippen LogP contribution is 2.31. The summed E-state index contributed by atoms with van der Waals surface area (Å²) in [6.45, 7) is 2.58. The minimum atomic E-state index is -4.45. The second-order valence-electron chi connectivity index (χ2n) is 6.39. The van der Waals surface area contributed by atoms with Gasteiger partial charge in [-0.1, -0.05) is 13.0 Å². The third kappa shape index (κ3) is 5.53. The van der Waals surface area contributed by atoms with E-state index in [0.29, 0.717) is 13.0 Å². The topological polar surface area (TPSA) is 78.9 Å². The highest BCUT2D eigenvalue weighted by atomic mass is 19.4. The number of aliphatic carboxylic acids is 1. The molecule has 2 atom stereocenters. The summed E-state index contributed by atoms with van der Waals surface area (Å²) in [6, 6.07) is 4.09. The molecule has 0 bridgehead atoms. The first-order valence-corrected chi connectivity index (χ1v) is 8.22. The van der Waals surface area contributed by atoms with Crippen LogP contribution >= 0.6 is 0 Å². The molecule has 1 aromatic carbocycles. The number of ether oxygens (including phenoxy) is 1. The van der Waals surface area contributed by atoms with Crippen LogP contribution in [0.3, 0.4) is 0 Å². The average molecular weight is 374 g/mol. The van der Waals surface area contributed by atoms with E-state index in [2.05, 4.69) is 5.32 Å². The van der Waals surface area contributed by atoms with Crippen LogP contribution in [0.15, 0.2) is 24.3 Å². The van der Waals surface area contributed by atoms with Gasteiger partial charge >= 0.3 is 18.2 Å². The molecule has 2 unspecified atom stereocenters. The number of carbonyl (C=O) groups excluding carboxylic acids is 1. The minimum Gasteiger partial charge on any atom is -0.492 e. The van der Waals surface area contributed by atoms with Crippen LogP contribution in [0.25, 0.3) is 0 Å². The number of halogens is 3. The summed E-state index contributed by atoms with van der Waals surface area (Å²) in [5.74, 6) is -1.38. The fourth-order valence-electron chi connectivity index (χ4n) is 2.90. The molecule has 1 heterocycles. The summed E-state index contributed by atoms with van der Waals surface area (Å²) in [6.07, 6.45) is -3.92. The lowest BCUT2D eigenvalue weighted by atomic mass is 9.91. The maximum absolute atomic E-state index is 12.6. The van der Waals surface area contributed by atoms with Crippen molar-refractivity contribution < 1.29 is 32.6 Å². The van der Waals surface area contributed by atoms with Gasteiger partial charge in [-0.05, 0) is 30.5 Å². The summed E-state index contributed by atoms with van der Waals surface area (Å²) < 4.78 is 43.1. The molecule has 144 valence electrons. The summed E-state index contributed by atoms with van der Waals surface area (Å²) >= 11 is 0. The molecular formula is C17H21F3N2O4. The van der Waals surface area contributed by atoms with E-state index in [-0.39, 0.29) is 31.4 Å². The van der Waals surface area contributed by atoms with Gasteiger partial charge in [0.15, 0.2) is 0 Å². The van der Waals surface area contributed by atoms with Crippen molar-refractivity contribution in [3.63, 3.8) is 0 Å². The third-order valence-electron chi connectivity index (χ3n) is 4.10. The molecule has 2 amide bonds. The number of alkyl halides is 3. The Bertz CT molecular complexity index is 651. The molecule has 2 rings (SSSR count). The van der Waals surface area contributed by atoms with Gasteiger partial charge in [0, 0.05) is 13.1 Å². The summed E-state index contributed by atoms with van der Waals surface area (Å²) in [7, 11) is 0. The number of amides is 2. The van der Waals surface area contributed by atoms with Crippen LogP contribution < -0.4 is 10.1 Å². The van der Waals surface area contributed by atoms with Crippen LogP contribution in [-0.4, -0.2) is 48.2 Å². The first-order valence-electron chi connectivity index (χ1n) is 8.22. The maximum Gasteiger partial charge on any atom is 0.416 e. The number of urea groups is 1. The lowest BCUT2D eigenvalue weighted by Crippen LogP contribution is -2.50. The van der Waals surface area contributed by atoms with Crippen molar-refractivity contribution in [1.82, 2.24) is 10.2 Å². The lowest BCUT2D eigenvalue weighted by molar-refractivity contribution is -0.143. The Kier molecular flexibility index (Phi) is 6.33. The van der Waals surface area contributed by atoms with Gasteiger partial charge < -0.3 is 20.1 Å². The molecule has 2 N–H and O–H groups in total. The first kappa shape index (κ1) is 19.9.